The van der Waals surface area contributed by atoms with E-state index in [2.05, 4.69) is 4.98 Å². The van der Waals surface area contributed by atoms with E-state index in [9.17, 15) is 8.78 Å². The molecular formula is C17H14F2N2. The van der Waals surface area contributed by atoms with Crippen molar-refractivity contribution in [2.75, 3.05) is 0 Å². The highest BCUT2D eigenvalue weighted by molar-refractivity contribution is 5.78. The summed E-state index contributed by atoms with van der Waals surface area (Å²) in [5, 5.41) is 0.977. The van der Waals surface area contributed by atoms with Gasteiger partial charge < -0.3 is 5.73 Å². The van der Waals surface area contributed by atoms with Gasteiger partial charge in [0.1, 0.15) is 0 Å². The summed E-state index contributed by atoms with van der Waals surface area (Å²) in [4.78, 5) is 4.34. The average Bonchev–Trinajstić information content (AvgIpc) is 2.51. The summed E-state index contributed by atoms with van der Waals surface area (Å²) < 4.78 is 26.9. The molecule has 0 bridgehead atoms. The standard InChI is InChI=1S/C17H14F2N2/c18-14-6-3-5-12(17(14)19)9-15(20)13-8-11-4-1-2-7-16(11)21-10-13/h1-8,10,15H,9,20H2. The van der Waals surface area contributed by atoms with Gasteiger partial charge in [0.2, 0.25) is 0 Å². The highest BCUT2D eigenvalue weighted by Gasteiger charge is 2.13. The van der Waals surface area contributed by atoms with Gasteiger partial charge in [-0.2, -0.15) is 0 Å². The third kappa shape index (κ3) is 2.76. The Bertz CT molecular complexity index is 787. The summed E-state index contributed by atoms with van der Waals surface area (Å²) in [5.41, 5.74) is 8.06. The molecular weight excluding hydrogens is 270 g/mol. The van der Waals surface area contributed by atoms with Crippen molar-refractivity contribution in [2.45, 2.75) is 12.5 Å². The molecule has 106 valence electrons. The second kappa shape index (κ2) is 5.58. The molecule has 0 saturated carbocycles. The Morgan fingerprint density at radius 1 is 1.05 bits per heavy atom. The fourth-order valence-corrected chi connectivity index (χ4v) is 2.35. The molecule has 0 fully saturated rings. The normalized spacial score (nSPS) is 12.5. The first-order chi connectivity index (χ1) is 10.1. The highest BCUT2D eigenvalue weighted by Crippen LogP contribution is 2.21. The summed E-state index contributed by atoms with van der Waals surface area (Å²) in [6, 6.07) is 13.3. The molecule has 1 heterocycles. The monoisotopic (exact) mass is 284 g/mol. The summed E-state index contributed by atoms with van der Waals surface area (Å²) in [7, 11) is 0. The molecule has 1 unspecified atom stereocenters. The van der Waals surface area contributed by atoms with Crippen LogP contribution in [0.4, 0.5) is 8.78 Å². The van der Waals surface area contributed by atoms with Gasteiger partial charge in [0.05, 0.1) is 5.52 Å². The number of para-hydroxylation sites is 1. The maximum atomic E-state index is 13.7. The summed E-state index contributed by atoms with van der Waals surface area (Å²) in [6.07, 6.45) is 1.91. The number of rotatable bonds is 3. The van der Waals surface area contributed by atoms with Gasteiger partial charge in [-0.05, 0) is 35.7 Å². The predicted octanol–water partition coefficient (Wildman–Crippen LogP) is 3.76. The van der Waals surface area contributed by atoms with Crippen LogP contribution in [0.3, 0.4) is 0 Å². The lowest BCUT2D eigenvalue weighted by atomic mass is 9.99. The lowest BCUT2D eigenvalue weighted by molar-refractivity contribution is 0.494. The molecule has 21 heavy (non-hydrogen) atoms. The zero-order valence-electron chi connectivity index (χ0n) is 11.3. The molecule has 0 aliphatic carbocycles. The number of halogens is 2. The zero-order chi connectivity index (χ0) is 14.8. The van der Waals surface area contributed by atoms with E-state index in [1.807, 2.05) is 30.3 Å². The van der Waals surface area contributed by atoms with Gasteiger partial charge in [0, 0.05) is 17.6 Å². The molecule has 2 nitrogen and oxygen atoms in total. The quantitative estimate of drug-likeness (QED) is 0.795. The highest BCUT2D eigenvalue weighted by atomic mass is 19.2. The Kier molecular flexibility index (Phi) is 3.62. The Morgan fingerprint density at radius 2 is 1.86 bits per heavy atom. The van der Waals surface area contributed by atoms with Crippen LogP contribution >= 0.6 is 0 Å². The Hall–Kier alpha value is -2.33. The van der Waals surface area contributed by atoms with Crippen molar-refractivity contribution >= 4 is 10.9 Å². The van der Waals surface area contributed by atoms with Gasteiger partial charge in [0.25, 0.3) is 0 Å². The maximum Gasteiger partial charge on any atom is 0.162 e. The molecule has 0 aliphatic heterocycles. The molecule has 1 aromatic heterocycles. The minimum absolute atomic E-state index is 0.226. The first kappa shape index (κ1) is 13.6. The number of pyridine rings is 1. The van der Waals surface area contributed by atoms with E-state index in [1.165, 1.54) is 6.07 Å². The molecule has 3 aromatic rings. The Labute approximate surface area is 121 Å². The van der Waals surface area contributed by atoms with Gasteiger partial charge >= 0.3 is 0 Å². The van der Waals surface area contributed by atoms with Crippen LogP contribution in [0.15, 0.2) is 54.7 Å². The van der Waals surface area contributed by atoms with Crippen LogP contribution in [-0.2, 0) is 6.42 Å². The minimum Gasteiger partial charge on any atom is -0.324 e. The van der Waals surface area contributed by atoms with Crippen LogP contribution in [0.5, 0.6) is 0 Å². The van der Waals surface area contributed by atoms with Crippen LogP contribution in [-0.4, -0.2) is 4.98 Å². The van der Waals surface area contributed by atoms with E-state index >= 15 is 0 Å². The van der Waals surface area contributed by atoms with E-state index in [0.717, 1.165) is 22.5 Å². The molecule has 0 radical (unpaired) electrons. The summed E-state index contributed by atoms with van der Waals surface area (Å²) in [6.45, 7) is 0. The first-order valence-corrected chi connectivity index (χ1v) is 6.68. The minimum atomic E-state index is -0.851. The van der Waals surface area contributed by atoms with Crippen molar-refractivity contribution in [2.24, 2.45) is 5.73 Å². The van der Waals surface area contributed by atoms with E-state index in [1.54, 1.807) is 12.3 Å². The van der Waals surface area contributed by atoms with Crippen LogP contribution in [0.25, 0.3) is 10.9 Å². The van der Waals surface area contributed by atoms with E-state index in [0.29, 0.717) is 0 Å². The Balaban J connectivity index is 1.89. The van der Waals surface area contributed by atoms with Crippen LogP contribution in [0.1, 0.15) is 17.2 Å². The third-order valence-corrected chi connectivity index (χ3v) is 3.51. The van der Waals surface area contributed by atoms with Crippen LogP contribution in [0.2, 0.25) is 0 Å². The maximum absolute atomic E-state index is 13.7. The topological polar surface area (TPSA) is 38.9 Å². The summed E-state index contributed by atoms with van der Waals surface area (Å²) >= 11 is 0. The molecule has 3 rings (SSSR count). The average molecular weight is 284 g/mol. The molecule has 0 aliphatic rings. The molecule has 2 aromatic carbocycles. The third-order valence-electron chi connectivity index (χ3n) is 3.51. The van der Waals surface area contributed by atoms with E-state index < -0.39 is 17.7 Å². The fourth-order valence-electron chi connectivity index (χ4n) is 2.35. The van der Waals surface area contributed by atoms with Crippen LogP contribution in [0, 0.1) is 11.6 Å². The fraction of sp³-hybridized carbons (Fsp3) is 0.118. The number of hydrogen-bond donors (Lipinski definition) is 1. The number of hydrogen-bond acceptors (Lipinski definition) is 2. The van der Waals surface area contributed by atoms with Crippen molar-refractivity contribution in [3.63, 3.8) is 0 Å². The van der Waals surface area contributed by atoms with Crippen LogP contribution < -0.4 is 5.73 Å². The number of nitrogens with two attached hydrogens (primary N) is 1. The van der Waals surface area contributed by atoms with E-state index in [-0.39, 0.29) is 12.0 Å². The van der Waals surface area contributed by atoms with E-state index in [4.69, 9.17) is 5.73 Å². The zero-order valence-corrected chi connectivity index (χ0v) is 11.3. The molecule has 1 atom stereocenters. The lowest BCUT2D eigenvalue weighted by Gasteiger charge is -2.13. The van der Waals surface area contributed by atoms with Crippen molar-refractivity contribution < 1.29 is 8.78 Å². The SMILES string of the molecule is NC(Cc1cccc(F)c1F)c1cnc2ccccc2c1. The molecule has 2 N–H and O–H groups in total. The number of benzene rings is 2. The summed E-state index contributed by atoms with van der Waals surface area (Å²) in [5.74, 6) is -1.68. The molecule has 4 heteroatoms. The van der Waals surface area contributed by atoms with Gasteiger partial charge in [-0.1, -0.05) is 30.3 Å². The molecule has 0 saturated heterocycles. The van der Waals surface area contributed by atoms with Crippen molar-refractivity contribution in [3.8, 4) is 0 Å². The lowest BCUT2D eigenvalue weighted by Crippen LogP contribution is -2.14. The van der Waals surface area contributed by atoms with Crippen molar-refractivity contribution in [1.82, 2.24) is 4.98 Å². The van der Waals surface area contributed by atoms with Crippen molar-refractivity contribution in [3.05, 3.63) is 77.5 Å². The predicted molar refractivity (Wildman–Crippen MR) is 78.7 cm³/mol. The van der Waals surface area contributed by atoms with Crippen molar-refractivity contribution in [1.29, 1.82) is 0 Å². The Morgan fingerprint density at radius 3 is 2.71 bits per heavy atom. The smallest absolute Gasteiger partial charge is 0.162 e. The second-order valence-electron chi connectivity index (χ2n) is 4.98. The molecule has 0 amide bonds. The van der Waals surface area contributed by atoms with Gasteiger partial charge in [-0.15, -0.1) is 0 Å². The number of fused-ring (bicyclic) bond motifs is 1. The largest absolute Gasteiger partial charge is 0.324 e. The van der Waals surface area contributed by atoms with Gasteiger partial charge in [-0.3, -0.25) is 4.98 Å². The van der Waals surface area contributed by atoms with Gasteiger partial charge in [-0.25, -0.2) is 8.78 Å². The number of nitrogens with zero attached hydrogens (tertiary/aromatic N) is 1. The second-order valence-corrected chi connectivity index (χ2v) is 4.98. The first-order valence-electron chi connectivity index (χ1n) is 6.68. The molecule has 0 spiro atoms. The number of aromatic nitrogens is 1. The van der Waals surface area contributed by atoms with Gasteiger partial charge in [0.15, 0.2) is 11.6 Å².